The van der Waals surface area contributed by atoms with E-state index in [0.717, 1.165) is 29.7 Å². The number of para-hydroxylation sites is 2. The fourth-order valence-corrected chi connectivity index (χ4v) is 3.06. The number of nitrogens with zero attached hydrogens (tertiary/aromatic N) is 2. The number of anilines is 1. The van der Waals surface area contributed by atoms with E-state index in [4.69, 9.17) is 4.74 Å². The van der Waals surface area contributed by atoms with Crippen LogP contribution in [0.2, 0.25) is 0 Å². The molecule has 3 rings (SSSR count). The Hall–Kier alpha value is -2.89. The first-order valence-electron chi connectivity index (χ1n) is 8.66. The summed E-state index contributed by atoms with van der Waals surface area (Å²) in [6.45, 7) is 7.85. The van der Waals surface area contributed by atoms with E-state index in [1.165, 1.54) is 4.90 Å². The summed E-state index contributed by atoms with van der Waals surface area (Å²) in [5.74, 6) is 0.360. The molecule has 26 heavy (non-hydrogen) atoms. The molecule has 0 aromatic heterocycles. The molecule has 6 heteroatoms. The van der Waals surface area contributed by atoms with E-state index in [9.17, 15) is 9.59 Å². The molecule has 1 heterocycles. The first-order chi connectivity index (χ1) is 12.5. The van der Waals surface area contributed by atoms with Gasteiger partial charge in [0.25, 0.3) is 11.8 Å². The number of hydrazone groups is 1. The number of rotatable bonds is 4. The zero-order chi connectivity index (χ0) is 18.7. The Morgan fingerprint density at radius 2 is 2.19 bits per heavy atom. The van der Waals surface area contributed by atoms with Crippen molar-refractivity contribution in [2.24, 2.45) is 11.0 Å². The number of fused-ring (bicyclic) bond motifs is 1. The number of hydrogen-bond donors (Lipinski definition) is 1. The molecule has 1 aliphatic heterocycles. The van der Waals surface area contributed by atoms with Crippen LogP contribution in [0.4, 0.5) is 5.69 Å². The van der Waals surface area contributed by atoms with E-state index in [1.807, 2.05) is 19.9 Å². The van der Waals surface area contributed by atoms with Crippen molar-refractivity contribution < 1.29 is 14.3 Å². The van der Waals surface area contributed by atoms with Crippen molar-refractivity contribution in [3.05, 3.63) is 48.1 Å². The molecule has 1 aromatic carbocycles. The number of allylic oxidation sites excluding steroid dienone is 3. The van der Waals surface area contributed by atoms with Gasteiger partial charge in [-0.3, -0.25) is 14.5 Å². The molecule has 0 spiro atoms. The van der Waals surface area contributed by atoms with Gasteiger partial charge in [0, 0.05) is 0 Å². The third-order valence-corrected chi connectivity index (χ3v) is 4.73. The predicted octanol–water partition coefficient (Wildman–Crippen LogP) is 2.82. The number of carbonyl (C=O) groups excluding carboxylic acids is 2. The van der Waals surface area contributed by atoms with Crippen LogP contribution in [0.15, 0.2) is 53.2 Å². The van der Waals surface area contributed by atoms with Crippen LogP contribution in [0.3, 0.4) is 0 Å². The third-order valence-electron chi connectivity index (χ3n) is 4.73. The maximum atomic E-state index is 12.3. The van der Waals surface area contributed by atoms with Crippen LogP contribution in [-0.2, 0) is 9.59 Å². The average Bonchev–Trinajstić information content (AvgIpc) is 2.63. The summed E-state index contributed by atoms with van der Waals surface area (Å²) in [7, 11) is 0. The summed E-state index contributed by atoms with van der Waals surface area (Å²) < 4.78 is 5.38. The number of hydrogen-bond acceptors (Lipinski definition) is 4. The van der Waals surface area contributed by atoms with Crippen LogP contribution in [0.1, 0.15) is 26.7 Å². The number of carbonyl (C=O) groups is 2. The van der Waals surface area contributed by atoms with Crippen LogP contribution in [-0.4, -0.2) is 30.7 Å². The zero-order valence-corrected chi connectivity index (χ0v) is 15.1. The molecule has 6 nitrogen and oxygen atoms in total. The second-order valence-electron chi connectivity index (χ2n) is 6.70. The van der Waals surface area contributed by atoms with Gasteiger partial charge in [-0.15, -0.1) is 0 Å². The second-order valence-corrected chi connectivity index (χ2v) is 6.70. The summed E-state index contributed by atoms with van der Waals surface area (Å²) in [6, 6.07) is 7.17. The minimum Gasteiger partial charge on any atom is -0.482 e. The summed E-state index contributed by atoms with van der Waals surface area (Å²) in [6.07, 6.45) is 3.83. The molecule has 1 atom stereocenters. The van der Waals surface area contributed by atoms with Crippen molar-refractivity contribution in [2.75, 3.05) is 18.1 Å². The molecule has 1 aliphatic carbocycles. The molecule has 0 fully saturated rings. The first-order valence-corrected chi connectivity index (χ1v) is 8.66. The van der Waals surface area contributed by atoms with Gasteiger partial charge in [0.2, 0.25) is 0 Å². The Balaban J connectivity index is 1.68. The van der Waals surface area contributed by atoms with E-state index in [2.05, 4.69) is 23.2 Å². The minimum absolute atomic E-state index is 0.0685. The van der Waals surface area contributed by atoms with Crippen LogP contribution in [0.25, 0.3) is 0 Å². The summed E-state index contributed by atoms with van der Waals surface area (Å²) >= 11 is 0. The zero-order valence-electron chi connectivity index (χ0n) is 15.1. The lowest BCUT2D eigenvalue weighted by atomic mass is 9.85. The second kappa shape index (κ2) is 7.56. The van der Waals surface area contributed by atoms with E-state index in [1.54, 1.807) is 18.2 Å². The number of benzene rings is 1. The lowest BCUT2D eigenvalue weighted by Gasteiger charge is -2.28. The van der Waals surface area contributed by atoms with Crippen LogP contribution in [0.5, 0.6) is 5.75 Å². The molecular formula is C20H23N3O3. The third kappa shape index (κ3) is 3.85. The van der Waals surface area contributed by atoms with Crippen LogP contribution < -0.4 is 15.1 Å². The van der Waals surface area contributed by atoms with Crippen molar-refractivity contribution in [2.45, 2.75) is 26.7 Å². The monoisotopic (exact) mass is 353 g/mol. The van der Waals surface area contributed by atoms with E-state index < -0.39 is 0 Å². The van der Waals surface area contributed by atoms with Gasteiger partial charge in [0.05, 0.1) is 11.4 Å². The molecule has 0 radical (unpaired) electrons. The summed E-state index contributed by atoms with van der Waals surface area (Å²) in [5, 5.41) is 4.28. The number of ether oxygens (including phenoxy) is 1. The van der Waals surface area contributed by atoms with Crippen molar-refractivity contribution in [1.82, 2.24) is 5.43 Å². The lowest BCUT2D eigenvalue weighted by Crippen LogP contribution is -2.44. The number of amides is 2. The molecule has 2 amide bonds. The van der Waals surface area contributed by atoms with Crippen LogP contribution >= 0.6 is 0 Å². The largest absolute Gasteiger partial charge is 0.482 e. The van der Waals surface area contributed by atoms with Gasteiger partial charge in [-0.05, 0) is 50.3 Å². The standard InChI is InChI=1S/C20H23N3O3/c1-13(2)15-9-8-14(3)16(10-15)21-22-19(24)11-23-17-6-4-5-7-18(17)26-12-20(23)25/h4-8,15H,1,9-12H2,2-3H3,(H,22,24)/t15-/m0/s1. The maximum absolute atomic E-state index is 12.3. The fourth-order valence-electron chi connectivity index (χ4n) is 3.06. The minimum atomic E-state index is -0.340. The highest BCUT2D eigenvalue weighted by atomic mass is 16.5. The maximum Gasteiger partial charge on any atom is 0.265 e. The lowest BCUT2D eigenvalue weighted by molar-refractivity contribution is -0.125. The quantitative estimate of drug-likeness (QED) is 0.668. The van der Waals surface area contributed by atoms with Gasteiger partial charge >= 0.3 is 0 Å². The van der Waals surface area contributed by atoms with Gasteiger partial charge in [0.15, 0.2) is 6.61 Å². The molecule has 0 bridgehead atoms. The Morgan fingerprint density at radius 3 is 2.96 bits per heavy atom. The topological polar surface area (TPSA) is 71.0 Å². The molecule has 0 saturated heterocycles. The smallest absolute Gasteiger partial charge is 0.265 e. The predicted molar refractivity (Wildman–Crippen MR) is 101 cm³/mol. The van der Waals surface area contributed by atoms with Gasteiger partial charge < -0.3 is 4.74 Å². The normalized spacial score (nSPS) is 20.9. The highest BCUT2D eigenvalue weighted by Crippen LogP contribution is 2.31. The van der Waals surface area contributed by atoms with Crippen molar-refractivity contribution in [3.63, 3.8) is 0 Å². The van der Waals surface area contributed by atoms with Gasteiger partial charge in [-0.25, -0.2) is 5.43 Å². The summed E-state index contributed by atoms with van der Waals surface area (Å²) in [5.41, 5.74) is 6.22. The summed E-state index contributed by atoms with van der Waals surface area (Å²) in [4.78, 5) is 25.9. The molecule has 1 N–H and O–H groups in total. The Kier molecular flexibility index (Phi) is 5.21. The SMILES string of the molecule is C=C(C)[C@H]1CC=C(C)C(=NNC(=O)CN2C(=O)COc3ccccc32)C1. The Bertz CT molecular complexity index is 810. The Labute approximate surface area is 153 Å². The molecular weight excluding hydrogens is 330 g/mol. The molecule has 2 aliphatic rings. The van der Waals surface area contributed by atoms with Crippen molar-refractivity contribution >= 4 is 23.2 Å². The fraction of sp³-hybridized carbons (Fsp3) is 0.350. The number of nitrogens with one attached hydrogen (secondary N) is 1. The Morgan fingerprint density at radius 1 is 1.42 bits per heavy atom. The average molecular weight is 353 g/mol. The highest BCUT2D eigenvalue weighted by molar-refractivity contribution is 6.03. The molecule has 1 aromatic rings. The first kappa shape index (κ1) is 17.9. The molecule has 0 saturated carbocycles. The van der Waals surface area contributed by atoms with Gasteiger partial charge in [-0.2, -0.15) is 5.10 Å². The van der Waals surface area contributed by atoms with E-state index in [-0.39, 0.29) is 25.0 Å². The molecule has 0 unspecified atom stereocenters. The van der Waals surface area contributed by atoms with Crippen LogP contribution in [0, 0.1) is 5.92 Å². The van der Waals surface area contributed by atoms with Crippen molar-refractivity contribution in [3.8, 4) is 5.75 Å². The van der Waals surface area contributed by atoms with Gasteiger partial charge in [0.1, 0.15) is 12.3 Å². The van der Waals surface area contributed by atoms with Gasteiger partial charge in [-0.1, -0.05) is 30.4 Å². The highest BCUT2D eigenvalue weighted by Gasteiger charge is 2.27. The van der Waals surface area contributed by atoms with E-state index >= 15 is 0 Å². The van der Waals surface area contributed by atoms with Crippen molar-refractivity contribution in [1.29, 1.82) is 0 Å². The molecule has 136 valence electrons. The van der Waals surface area contributed by atoms with E-state index in [0.29, 0.717) is 17.4 Å².